The molecule has 1 aromatic rings. The van der Waals surface area contributed by atoms with Crippen LogP contribution in [-0.4, -0.2) is 34.4 Å². The van der Waals surface area contributed by atoms with Crippen LogP contribution in [0.15, 0.2) is 22.7 Å². The van der Waals surface area contributed by atoms with Crippen LogP contribution in [0.25, 0.3) is 0 Å². The lowest BCUT2D eigenvalue weighted by Crippen LogP contribution is -2.45. The van der Waals surface area contributed by atoms with E-state index >= 15 is 0 Å². The second kappa shape index (κ2) is 7.26. The molecule has 1 aliphatic heterocycles. The molecule has 2 amide bonds. The molecule has 0 aromatic heterocycles. The fourth-order valence-corrected chi connectivity index (χ4v) is 3.84. The molecule has 4 nitrogen and oxygen atoms in total. The maximum absolute atomic E-state index is 12.6. The number of anilines is 1. The molecule has 0 aliphatic carbocycles. The molecular weight excluding hydrogens is 376 g/mol. The van der Waals surface area contributed by atoms with Crippen molar-refractivity contribution < 1.29 is 9.59 Å². The number of aryl methyl sites for hydroxylation is 1. The molecule has 23 heavy (non-hydrogen) atoms. The van der Waals surface area contributed by atoms with Crippen LogP contribution in [0.1, 0.15) is 32.8 Å². The van der Waals surface area contributed by atoms with E-state index in [0.717, 1.165) is 15.7 Å². The highest BCUT2D eigenvalue weighted by atomic mass is 79.9. The van der Waals surface area contributed by atoms with Crippen molar-refractivity contribution in [1.82, 2.24) is 4.90 Å². The van der Waals surface area contributed by atoms with Gasteiger partial charge in [0.2, 0.25) is 11.8 Å². The Morgan fingerprint density at radius 1 is 1.39 bits per heavy atom. The largest absolute Gasteiger partial charge is 0.324 e. The summed E-state index contributed by atoms with van der Waals surface area (Å²) in [6.45, 7) is 8.08. The summed E-state index contributed by atoms with van der Waals surface area (Å²) < 4.78 is 1.01. The Morgan fingerprint density at radius 2 is 2.09 bits per heavy atom. The van der Waals surface area contributed by atoms with E-state index < -0.39 is 0 Å². The molecule has 1 N–H and O–H groups in total. The summed E-state index contributed by atoms with van der Waals surface area (Å²) in [6, 6.07) is 5.31. The van der Waals surface area contributed by atoms with E-state index in [0.29, 0.717) is 18.1 Å². The number of nitrogens with one attached hydrogen (secondary N) is 1. The van der Waals surface area contributed by atoms with E-state index in [4.69, 9.17) is 0 Å². The summed E-state index contributed by atoms with van der Waals surface area (Å²) in [4.78, 5) is 26.7. The lowest BCUT2D eigenvalue weighted by molar-refractivity contribution is -0.137. The maximum Gasteiger partial charge on any atom is 0.248 e. The zero-order chi connectivity index (χ0) is 17.2. The van der Waals surface area contributed by atoms with Crippen LogP contribution >= 0.6 is 27.7 Å². The smallest absolute Gasteiger partial charge is 0.248 e. The number of amides is 2. The van der Waals surface area contributed by atoms with Crippen LogP contribution in [0.2, 0.25) is 0 Å². The van der Waals surface area contributed by atoms with Gasteiger partial charge in [0.05, 0.1) is 5.88 Å². The van der Waals surface area contributed by atoms with Crippen LogP contribution in [0.4, 0.5) is 5.69 Å². The molecule has 1 atom stereocenters. The van der Waals surface area contributed by atoms with Crippen molar-refractivity contribution in [2.45, 2.75) is 40.2 Å². The predicted molar refractivity (Wildman–Crippen MR) is 99.5 cm³/mol. The van der Waals surface area contributed by atoms with E-state index in [9.17, 15) is 9.59 Å². The minimum Gasteiger partial charge on any atom is -0.324 e. The molecule has 1 aromatic carbocycles. The first-order chi connectivity index (χ1) is 10.7. The number of hydrogen-bond acceptors (Lipinski definition) is 3. The molecule has 0 radical (unpaired) electrons. The van der Waals surface area contributed by atoms with Gasteiger partial charge in [-0.1, -0.05) is 36.7 Å². The Balaban J connectivity index is 2.05. The van der Waals surface area contributed by atoms with Crippen molar-refractivity contribution in [2.24, 2.45) is 5.41 Å². The van der Waals surface area contributed by atoms with Gasteiger partial charge in [0.25, 0.3) is 0 Å². The molecule has 0 bridgehead atoms. The molecular formula is C17H23BrN2O2S. The van der Waals surface area contributed by atoms with Crippen LogP contribution in [0.3, 0.4) is 0 Å². The van der Waals surface area contributed by atoms with Crippen LogP contribution < -0.4 is 5.32 Å². The van der Waals surface area contributed by atoms with Crippen molar-refractivity contribution in [3.05, 3.63) is 28.2 Å². The Hall–Kier alpha value is -1.01. The van der Waals surface area contributed by atoms with Gasteiger partial charge in [-0.25, -0.2) is 0 Å². The number of hydrogen-bond donors (Lipinski definition) is 1. The lowest BCUT2D eigenvalue weighted by Gasteiger charge is -2.26. The minimum atomic E-state index is -0.390. The van der Waals surface area contributed by atoms with Gasteiger partial charge in [0.15, 0.2) is 0 Å². The molecule has 1 heterocycles. The maximum atomic E-state index is 12.6. The first-order valence-electron chi connectivity index (χ1n) is 7.61. The van der Waals surface area contributed by atoms with Crippen molar-refractivity contribution >= 4 is 45.2 Å². The predicted octanol–water partition coefficient (Wildman–Crippen LogP) is 4.03. The number of carbonyl (C=O) groups excluding carboxylic acids is 2. The normalized spacial score (nSPS) is 18.1. The van der Waals surface area contributed by atoms with Crippen molar-refractivity contribution in [3.8, 4) is 0 Å². The number of thioether (sulfide) groups is 1. The molecule has 126 valence electrons. The Morgan fingerprint density at radius 3 is 2.70 bits per heavy atom. The zero-order valence-corrected chi connectivity index (χ0v) is 16.4. The molecule has 0 saturated carbocycles. The van der Waals surface area contributed by atoms with Gasteiger partial charge in [-0.2, -0.15) is 0 Å². The first kappa shape index (κ1) is 18.3. The van der Waals surface area contributed by atoms with Gasteiger partial charge in [0.1, 0.15) is 6.04 Å². The highest BCUT2D eigenvalue weighted by Crippen LogP contribution is 2.27. The fourth-order valence-electron chi connectivity index (χ4n) is 2.41. The molecule has 6 heteroatoms. The van der Waals surface area contributed by atoms with Gasteiger partial charge in [-0.3, -0.25) is 9.59 Å². The van der Waals surface area contributed by atoms with E-state index in [2.05, 4.69) is 21.2 Å². The van der Waals surface area contributed by atoms with E-state index in [1.807, 2.05) is 45.9 Å². The third-order valence-electron chi connectivity index (χ3n) is 3.61. The van der Waals surface area contributed by atoms with E-state index in [1.54, 1.807) is 16.7 Å². The lowest BCUT2D eigenvalue weighted by atomic mass is 9.91. The standard InChI is InChI=1S/C17H23BrN2O2S/c1-11-7-12(5-6-13(11)18)19-16(22)14-9-23-10-20(14)15(21)8-17(2,3)4/h5-7,14H,8-10H2,1-4H3,(H,19,22). The molecule has 2 rings (SSSR count). The summed E-state index contributed by atoms with van der Waals surface area (Å²) in [6.07, 6.45) is 0.453. The second-order valence-corrected chi connectivity index (χ2v) is 8.92. The van der Waals surface area contributed by atoms with Crippen molar-refractivity contribution in [3.63, 3.8) is 0 Å². The summed E-state index contributed by atoms with van der Waals surface area (Å²) in [5, 5.41) is 2.93. The minimum absolute atomic E-state index is 0.0506. The second-order valence-electron chi connectivity index (χ2n) is 7.07. The summed E-state index contributed by atoms with van der Waals surface area (Å²) in [5.41, 5.74) is 1.74. The first-order valence-corrected chi connectivity index (χ1v) is 9.56. The van der Waals surface area contributed by atoms with Gasteiger partial charge < -0.3 is 10.2 Å². The SMILES string of the molecule is Cc1cc(NC(=O)C2CSCN2C(=O)CC(C)(C)C)ccc1Br. The number of rotatable bonds is 3. The summed E-state index contributed by atoms with van der Waals surface area (Å²) >= 11 is 5.08. The average molecular weight is 399 g/mol. The van der Waals surface area contributed by atoms with E-state index in [1.165, 1.54) is 0 Å². The van der Waals surface area contributed by atoms with Crippen LogP contribution in [0.5, 0.6) is 0 Å². The molecule has 0 spiro atoms. The van der Waals surface area contributed by atoms with E-state index in [-0.39, 0.29) is 23.3 Å². The van der Waals surface area contributed by atoms with Gasteiger partial charge in [0, 0.05) is 22.3 Å². The van der Waals surface area contributed by atoms with Gasteiger partial charge >= 0.3 is 0 Å². The molecule has 1 saturated heterocycles. The van der Waals surface area contributed by atoms with Crippen molar-refractivity contribution in [1.29, 1.82) is 0 Å². The Labute approximate surface area is 150 Å². The van der Waals surface area contributed by atoms with Crippen LogP contribution in [0, 0.1) is 12.3 Å². The summed E-state index contributed by atoms with van der Waals surface area (Å²) in [5.74, 6) is 1.18. The molecule has 1 fully saturated rings. The summed E-state index contributed by atoms with van der Waals surface area (Å²) in [7, 11) is 0. The third kappa shape index (κ3) is 4.98. The van der Waals surface area contributed by atoms with Crippen molar-refractivity contribution in [2.75, 3.05) is 16.9 Å². The Kier molecular flexibility index (Phi) is 5.79. The van der Waals surface area contributed by atoms with Crippen LogP contribution in [-0.2, 0) is 9.59 Å². The monoisotopic (exact) mass is 398 g/mol. The number of nitrogens with zero attached hydrogens (tertiary/aromatic N) is 1. The Bertz CT molecular complexity index is 613. The zero-order valence-electron chi connectivity index (χ0n) is 14.0. The average Bonchev–Trinajstić information content (AvgIpc) is 2.90. The fraction of sp³-hybridized carbons (Fsp3) is 0.529. The van der Waals surface area contributed by atoms with Gasteiger partial charge in [-0.05, 0) is 36.1 Å². The molecule has 1 unspecified atom stereocenters. The number of halogens is 1. The highest BCUT2D eigenvalue weighted by molar-refractivity contribution is 9.10. The number of benzene rings is 1. The topological polar surface area (TPSA) is 49.4 Å². The quantitative estimate of drug-likeness (QED) is 0.835. The van der Waals surface area contributed by atoms with Gasteiger partial charge in [-0.15, -0.1) is 11.8 Å². The third-order valence-corrected chi connectivity index (χ3v) is 5.51. The number of carbonyl (C=O) groups is 2. The molecule has 1 aliphatic rings. The highest BCUT2D eigenvalue weighted by Gasteiger charge is 2.35.